The highest BCUT2D eigenvalue weighted by Gasteiger charge is 2.31. The standard InChI is InChI=1S/C39H47F3O/c1-3-5-6-7-8-25-43-37-24-23-35(38(41)39(37)42)32-19-17-31(18-20-32)34-22-21-33(26-36(34)40)30-15-13-29(14-16-30)28-11-9-27(4-2)10-12-28/h4,17-24,26-30H,2-3,5-16,25H2,1H3. The third-order valence-corrected chi connectivity index (χ3v) is 10.1. The zero-order valence-corrected chi connectivity index (χ0v) is 25.7. The van der Waals surface area contributed by atoms with E-state index in [0.29, 0.717) is 29.6 Å². The van der Waals surface area contributed by atoms with E-state index in [4.69, 9.17) is 4.74 Å². The number of allylic oxidation sites excluding steroid dienone is 1. The molecule has 43 heavy (non-hydrogen) atoms. The van der Waals surface area contributed by atoms with Gasteiger partial charge in [-0.05, 0) is 116 Å². The zero-order valence-electron chi connectivity index (χ0n) is 25.7. The number of hydrogen-bond donors (Lipinski definition) is 0. The molecule has 1 nitrogen and oxygen atoms in total. The van der Waals surface area contributed by atoms with Gasteiger partial charge in [0.05, 0.1) is 6.61 Å². The van der Waals surface area contributed by atoms with E-state index in [1.165, 1.54) is 51.0 Å². The van der Waals surface area contributed by atoms with Crippen LogP contribution in [0.5, 0.6) is 5.75 Å². The van der Waals surface area contributed by atoms with Crippen LogP contribution in [0.2, 0.25) is 0 Å². The van der Waals surface area contributed by atoms with Crippen LogP contribution in [-0.4, -0.2) is 6.61 Å². The normalized spacial score (nSPS) is 22.3. The molecule has 0 heterocycles. The first kappa shape index (κ1) is 31.4. The molecular weight excluding hydrogens is 541 g/mol. The summed E-state index contributed by atoms with van der Waals surface area (Å²) < 4.78 is 50.6. The highest BCUT2D eigenvalue weighted by atomic mass is 19.2. The molecule has 0 aliphatic heterocycles. The van der Waals surface area contributed by atoms with Crippen molar-refractivity contribution in [3.63, 3.8) is 0 Å². The number of rotatable bonds is 12. The summed E-state index contributed by atoms with van der Waals surface area (Å²) >= 11 is 0. The van der Waals surface area contributed by atoms with Gasteiger partial charge in [-0.1, -0.05) is 75.1 Å². The SMILES string of the molecule is C=CC1CCC(C2CCC(c3ccc(-c4ccc(-c5ccc(OCCCCCCC)c(F)c5F)cc4)c(F)c3)CC2)CC1. The number of unbranched alkanes of at least 4 members (excludes halogenated alkanes) is 4. The van der Waals surface area contributed by atoms with E-state index in [1.807, 2.05) is 6.07 Å². The smallest absolute Gasteiger partial charge is 0.201 e. The topological polar surface area (TPSA) is 9.23 Å². The van der Waals surface area contributed by atoms with Gasteiger partial charge in [0.15, 0.2) is 11.6 Å². The zero-order chi connectivity index (χ0) is 30.2. The van der Waals surface area contributed by atoms with Gasteiger partial charge in [0.25, 0.3) is 0 Å². The lowest BCUT2D eigenvalue weighted by Crippen LogP contribution is -2.25. The van der Waals surface area contributed by atoms with Crippen LogP contribution in [0.1, 0.15) is 102 Å². The number of hydrogen-bond acceptors (Lipinski definition) is 1. The van der Waals surface area contributed by atoms with Crippen LogP contribution in [0.15, 0.2) is 67.3 Å². The molecule has 0 saturated heterocycles. The van der Waals surface area contributed by atoms with E-state index < -0.39 is 11.6 Å². The first-order valence-corrected chi connectivity index (χ1v) is 16.6. The lowest BCUT2D eigenvalue weighted by atomic mass is 9.68. The van der Waals surface area contributed by atoms with Gasteiger partial charge in [0.1, 0.15) is 5.82 Å². The molecule has 2 saturated carbocycles. The average Bonchev–Trinajstić information content (AvgIpc) is 3.05. The fraction of sp³-hybridized carbons (Fsp3) is 0.487. The molecule has 3 aromatic rings. The van der Waals surface area contributed by atoms with Gasteiger partial charge in [-0.2, -0.15) is 4.39 Å². The average molecular weight is 589 g/mol. The fourth-order valence-corrected chi connectivity index (χ4v) is 7.38. The molecule has 2 aliphatic rings. The first-order chi connectivity index (χ1) is 21.0. The van der Waals surface area contributed by atoms with Crippen molar-refractivity contribution in [3.8, 4) is 28.0 Å². The minimum absolute atomic E-state index is 0.0559. The quantitative estimate of drug-likeness (QED) is 0.151. The third kappa shape index (κ3) is 7.75. The summed E-state index contributed by atoms with van der Waals surface area (Å²) in [6, 6.07) is 15.7. The van der Waals surface area contributed by atoms with E-state index in [-0.39, 0.29) is 17.1 Å². The van der Waals surface area contributed by atoms with Crippen molar-refractivity contribution in [2.75, 3.05) is 6.61 Å². The predicted molar refractivity (Wildman–Crippen MR) is 172 cm³/mol. The van der Waals surface area contributed by atoms with Crippen molar-refractivity contribution < 1.29 is 17.9 Å². The van der Waals surface area contributed by atoms with E-state index in [2.05, 4.69) is 25.6 Å². The maximum atomic E-state index is 15.4. The molecule has 0 radical (unpaired) electrons. The van der Waals surface area contributed by atoms with Crippen molar-refractivity contribution in [1.29, 1.82) is 0 Å². The molecule has 0 unspecified atom stereocenters. The molecule has 0 aromatic heterocycles. The summed E-state index contributed by atoms with van der Waals surface area (Å²) in [7, 11) is 0. The Morgan fingerprint density at radius 1 is 0.698 bits per heavy atom. The summed E-state index contributed by atoms with van der Waals surface area (Å²) in [6.07, 6.45) is 17.4. The third-order valence-electron chi connectivity index (χ3n) is 10.1. The van der Waals surface area contributed by atoms with E-state index in [0.717, 1.165) is 61.5 Å². The monoisotopic (exact) mass is 588 g/mol. The molecule has 0 spiro atoms. The number of benzene rings is 3. The van der Waals surface area contributed by atoms with E-state index in [9.17, 15) is 8.78 Å². The minimum atomic E-state index is -0.967. The molecule has 0 N–H and O–H groups in total. The summed E-state index contributed by atoms with van der Waals surface area (Å²) in [6.45, 7) is 6.50. The van der Waals surface area contributed by atoms with Gasteiger partial charge in [0.2, 0.25) is 5.82 Å². The minimum Gasteiger partial charge on any atom is -0.490 e. The van der Waals surface area contributed by atoms with Crippen molar-refractivity contribution in [1.82, 2.24) is 0 Å². The Bertz CT molecular complexity index is 1330. The first-order valence-electron chi connectivity index (χ1n) is 16.6. The Hall–Kier alpha value is -3.01. The van der Waals surface area contributed by atoms with Crippen molar-refractivity contribution in [2.45, 2.75) is 96.3 Å². The van der Waals surface area contributed by atoms with Gasteiger partial charge in [0, 0.05) is 11.1 Å². The Morgan fingerprint density at radius 3 is 1.93 bits per heavy atom. The van der Waals surface area contributed by atoms with Crippen LogP contribution < -0.4 is 4.74 Å². The van der Waals surface area contributed by atoms with Crippen LogP contribution in [0.25, 0.3) is 22.3 Å². The summed E-state index contributed by atoms with van der Waals surface area (Å²) in [5, 5.41) is 0. The van der Waals surface area contributed by atoms with E-state index >= 15 is 4.39 Å². The summed E-state index contributed by atoms with van der Waals surface area (Å²) in [4.78, 5) is 0. The number of ether oxygens (including phenoxy) is 1. The Morgan fingerprint density at radius 2 is 1.30 bits per heavy atom. The van der Waals surface area contributed by atoms with Crippen LogP contribution in [-0.2, 0) is 0 Å². The Balaban J connectivity index is 1.18. The van der Waals surface area contributed by atoms with Gasteiger partial charge in [-0.15, -0.1) is 6.58 Å². The Labute approximate surface area is 256 Å². The van der Waals surface area contributed by atoms with Crippen LogP contribution >= 0.6 is 0 Å². The highest BCUT2D eigenvalue weighted by molar-refractivity contribution is 5.71. The summed E-state index contributed by atoms with van der Waals surface area (Å²) in [5.41, 5.74) is 3.04. The van der Waals surface area contributed by atoms with Gasteiger partial charge in [-0.3, -0.25) is 0 Å². The van der Waals surface area contributed by atoms with Gasteiger partial charge in [-0.25, -0.2) is 8.78 Å². The molecule has 230 valence electrons. The fourth-order valence-electron chi connectivity index (χ4n) is 7.38. The maximum absolute atomic E-state index is 15.4. The number of halogens is 3. The second-order valence-corrected chi connectivity index (χ2v) is 12.8. The molecule has 2 fully saturated rings. The molecule has 0 bridgehead atoms. The molecule has 4 heteroatoms. The summed E-state index contributed by atoms with van der Waals surface area (Å²) in [5.74, 6) is 0.598. The molecule has 0 atom stereocenters. The molecular formula is C39H47F3O. The van der Waals surface area contributed by atoms with Crippen LogP contribution in [0, 0.1) is 35.2 Å². The molecule has 2 aliphatic carbocycles. The highest BCUT2D eigenvalue weighted by Crippen LogP contribution is 2.44. The molecule has 3 aromatic carbocycles. The van der Waals surface area contributed by atoms with E-state index in [1.54, 1.807) is 36.4 Å². The van der Waals surface area contributed by atoms with Gasteiger partial charge < -0.3 is 4.74 Å². The molecule has 0 amide bonds. The van der Waals surface area contributed by atoms with Crippen molar-refractivity contribution >= 4 is 0 Å². The van der Waals surface area contributed by atoms with Crippen molar-refractivity contribution in [2.24, 2.45) is 17.8 Å². The molecule has 5 rings (SSSR count). The second kappa shape index (κ2) is 15.1. The van der Waals surface area contributed by atoms with Crippen molar-refractivity contribution in [3.05, 3.63) is 90.3 Å². The second-order valence-electron chi connectivity index (χ2n) is 12.8. The van der Waals surface area contributed by atoms with Gasteiger partial charge >= 0.3 is 0 Å². The maximum Gasteiger partial charge on any atom is 0.201 e. The van der Waals surface area contributed by atoms with Crippen LogP contribution in [0.4, 0.5) is 13.2 Å². The van der Waals surface area contributed by atoms with Crippen LogP contribution in [0.3, 0.4) is 0 Å². The lowest BCUT2D eigenvalue weighted by molar-refractivity contribution is 0.171. The predicted octanol–water partition coefficient (Wildman–Crippen LogP) is 12.1. The Kier molecular flexibility index (Phi) is 11.1. The lowest BCUT2D eigenvalue weighted by Gasteiger charge is -2.37. The largest absolute Gasteiger partial charge is 0.490 e.